The first-order chi connectivity index (χ1) is 11.6. The molecule has 1 heterocycles. The smallest absolute Gasteiger partial charge is 0.261 e. The lowest BCUT2D eigenvalue weighted by Crippen LogP contribution is -2.12. The second-order valence-corrected chi connectivity index (χ2v) is 5.31. The fraction of sp³-hybridized carbons (Fsp3) is 0.0588. The van der Waals surface area contributed by atoms with Crippen molar-refractivity contribution in [3.05, 3.63) is 65.1 Å². The number of rotatable bonds is 4. The zero-order valence-electron chi connectivity index (χ0n) is 12.5. The van der Waals surface area contributed by atoms with Crippen molar-refractivity contribution in [1.29, 1.82) is 0 Å². The maximum Gasteiger partial charge on any atom is 0.261 e. The van der Waals surface area contributed by atoms with E-state index < -0.39 is 5.91 Å². The lowest BCUT2D eigenvalue weighted by molar-refractivity contribution is 0.102. The highest BCUT2D eigenvalue weighted by Crippen LogP contribution is 2.30. The van der Waals surface area contributed by atoms with E-state index in [2.05, 4.69) is 10.5 Å². The number of hydrogen-bond donors (Lipinski definition) is 1. The summed E-state index contributed by atoms with van der Waals surface area (Å²) in [6.45, 7) is 0. The number of amides is 1. The van der Waals surface area contributed by atoms with Crippen molar-refractivity contribution in [3.8, 4) is 17.1 Å². The third kappa shape index (κ3) is 3.23. The van der Waals surface area contributed by atoms with Gasteiger partial charge < -0.3 is 14.6 Å². The van der Waals surface area contributed by atoms with Crippen LogP contribution in [0.15, 0.2) is 53.2 Å². The number of ether oxygens (including phenoxy) is 1. The largest absolute Gasteiger partial charge is 0.495 e. The average molecular weight is 347 g/mol. The number of anilines is 1. The number of carbonyl (C=O) groups excluding carboxylic acids is 1. The lowest BCUT2D eigenvalue weighted by Gasteiger charge is -2.10. The Labute approximate surface area is 142 Å². The van der Waals surface area contributed by atoms with Crippen molar-refractivity contribution in [3.63, 3.8) is 0 Å². The molecule has 0 bridgehead atoms. The highest BCUT2D eigenvalue weighted by molar-refractivity contribution is 6.31. The molecule has 0 atom stereocenters. The molecule has 1 N–H and O–H groups in total. The molecule has 0 unspecified atom stereocenters. The van der Waals surface area contributed by atoms with Crippen LogP contribution in [0.5, 0.6) is 5.75 Å². The molecule has 0 saturated carbocycles. The van der Waals surface area contributed by atoms with E-state index in [9.17, 15) is 9.18 Å². The normalized spacial score (nSPS) is 10.5. The zero-order valence-corrected chi connectivity index (χ0v) is 13.3. The van der Waals surface area contributed by atoms with Crippen LogP contribution < -0.4 is 10.1 Å². The van der Waals surface area contributed by atoms with Crippen molar-refractivity contribution in [2.24, 2.45) is 0 Å². The van der Waals surface area contributed by atoms with E-state index in [1.165, 1.54) is 37.6 Å². The summed E-state index contributed by atoms with van der Waals surface area (Å²) in [5, 5.41) is 6.81. The predicted molar refractivity (Wildman–Crippen MR) is 87.9 cm³/mol. The van der Waals surface area contributed by atoms with Crippen molar-refractivity contribution in [2.45, 2.75) is 0 Å². The first-order valence-electron chi connectivity index (χ1n) is 6.94. The first kappa shape index (κ1) is 16.0. The molecule has 0 fully saturated rings. The lowest BCUT2D eigenvalue weighted by atomic mass is 10.1. The quantitative estimate of drug-likeness (QED) is 0.760. The number of aromatic nitrogens is 1. The number of nitrogens with one attached hydrogen (secondary N) is 1. The van der Waals surface area contributed by atoms with Crippen LogP contribution in [0.25, 0.3) is 11.3 Å². The summed E-state index contributed by atoms with van der Waals surface area (Å²) in [7, 11) is 1.49. The third-order valence-corrected chi connectivity index (χ3v) is 3.57. The SMILES string of the molecule is COc1ccc(Cl)cc1NC(=O)c1cnoc1-c1ccc(F)cc1. The minimum atomic E-state index is -0.448. The highest BCUT2D eigenvalue weighted by atomic mass is 35.5. The van der Waals surface area contributed by atoms with Gasteiger partial charge in [-0.15, -0.1) is 0 Å². The summed E-state index contributed by atoms with van der Waals surface area (Å²) in [6, 6.07) is 10.4. The Balaban J connectivity index is 1.91. The van der Waals surface area contributed by atoms with Gasteiger partial charge in [-0.05, 0) is 42.5 Å². The predicted octanol–water partition coefficient (Wildman–Crippen LogP) is 4.40. The van der Waals surface area contributed by atoms with Gasteiger partial charge in [0.1, 0.15) is 17.1 Å². The Kier molecular flexibility index (Phi) is 4.48. The topological polar surface area (TPSA) is 64.4 Å². The zero-order chi connectivity index (χ0) is 17.1. The summed E-state index contributed by atoms with van der Waals surface area (Å²) in [4.78, 5) is 12.5. The van der Waals surface area contributed by atoms with Crippen LogP contribution >= 0.6 is 11.6 Å². The monoisotopic (exact) mass is 346 g/mol. The maximum atomic E-state index is 13.0. The van der Waals surface area contributed by atoms with Gasteiger partial charge in [0.2, 0.25) is 0 Å². The molecule has 0 spiro atoms. The molecule has 24 heavy (non-hydrogen) atoms. The van der Waals surface area contributed by atoms with Crippen LogP contribution in [0.3, 0.4) is 0 Å². The van der Waals surface area contributed by atoms with Crippen molar-refractivity contribution in [2.75, 3.05) is 12.4 Å². The van der Waals surface area contributed by atoms with Crippen molar-refractivity contribution < 1.29 is 18.4 Å². The molecular formula is C17H12ClFN2O3. The van der Waals surface area contributed by atoms with Crippen LogP contribution in [0.1, 0.15) is 10.4 Å². The summed E-state index contributed by atoms with van der Waals surface area (Å²) < 4.78 is 23.4. The average Bonchev–Trinajstić information content (AvgIpc) is 3.05. The Morgan fingerprint density at radius 1 is 1.25 bits per heavy atom. The van der Waals surface area contributed by atoms with Gasteiger partial charge in [0, 0.05) is 10.6 Å². The molecule has 5 nitrogen and oxygen atoms in total. The molecule has 122 valence electrons. The molecular weight excluding hydrogens is 335 g/mol. The molecule has 3 aromatic rings. The Hall–Kier alpha value is -2.86. The summed E-state index contributed by atoms with van der Waals surface area (Å²) in [5.41, 5.74) is 1.17. The van der Waals surface area contributed by atoms with Crippen LogP contribution in [-0.2, 0) is 0 Å². The van der Waals surface area contributed by atoms with Crippen LogP contribution in [0, 0.1) is 5.82 Å². The minimum Gasteiger partial charge on any atom is -0.495 e. The molecule has 7 heteroatoms. The number of hydrogen-bond acceptors (Lipinski definition) is 4. The van der Waals surface area contributed by atoms with Gasteiger partial charge in [0.15, 0.2) is 5.76 Å². The van der Waals surface area contributed by atoms with Crippen molar-refractivity contribution in [1.82, 2.24) is 5.16 Å². The van der Waals surface area contributed by atoms with E-state index >= 15 is 0 Å². The molecule has 1 amide bonds. The van der Waals surface area contributed by atoms with Gasteiger partial charge in [0.05, 0.1) is 19.0 Å². The third-order valence-electron chi connectivity index (χ3n) is 3.33. The number of methoxy groups -OCH3 is 1. The molecule has 3 rings (SSSR count). The van der Waals surface area contributed by atoms with E-state index in [1.54, 1.807) is 18.2 Å². The molecule has 1 aromatic heterocycles. The van der Waals surface area contributed by atoms with Crippen LogP contribution in [-0.4, -0.2) is 18.2 Å². The highest BCUT2D eigenvalue weighted by Gasteiger charge is 2.19. The fourth-order valence-corrected chi connectivity index (χ4v) is 2.35. The van der Waals surface area contributed by atoms with Crippen molar-refractivity contribution >= 4 is 23.2 Å². The van der Waals surface area contributed by atoms with Gasteiger partial charge in [0.25, 0.3) is 5.91 Å². The molecule has 0 aliphatic heterocycles. The summed E-state index contributed by atoms with van der Waals surface area (Å²) in [5.74, 6) is -0.120. The van der Waals surface area contributed by atoms with E-state index in [1.807, 2.05) is 0 Å². The van der Waals surface area contributed by atoms with E-state index in [-0.39, 0.29) is 17.1 Å². The number of nitrogens with zero attached hydrogens (tertiary/aromatic N) is 1. The van der Waals surface area contributed by atoms with Crippen LogP contribution in [0.4, 0.5) is 10.1 Å². The number of halogens is 2. The Morgan fingerprint density at radius 2 is 2.00 bits per heavy atom. The van der Waals surface area contributed by atoms with Gasteiger partial charge >= 0.3 is 0 Å². The molecule has 2 aromatic carbocycles. The van der Waals surface area contributed by atoms with E-state index in [0.717, 1.165) is 0 Å². The molecule has 0 aliphatic rings. The van der Waals surface area contributed by atoms with E-state index in [4.69, 9.17) is 20.9 Å². The second-order valence-electron chi connectivity index (χ2n) is 4.87. The first-order valence-corrected chi connectivity index (χ1v) is 7.32. The van der Waals surface area contributed by atoms with Crippen LogP contribution in [0.2, 0.25) is 5.02 Å². The standard InChI is InChI=1S/C17H12ClFN2O3/c1-23-15-7-4-11(18)8-14(15)21-17(22)13-9-20-24-16(13)10-2-5-12(19)6-3-10/h2-9H,1H3,(H,21,22). The van der Waals surface area contributed by atoms with Gasteiger partial charge in [-0.3, -0.25) is 4.79 Å². The summed E-state index contributed by atoms with van der Waals surface area (Å²) in [6.07, 6.45) is 1.30. The fourth-order valence-electron chi connectivity index (χ4n) is 2.18. The molecule has 0 saturated heterocycles. The molecule has 0 aliphatic carbocycles. The second kappa shape index (κ2) is 6.72. The Bertz CT molecular complexity index is 878. The maximum absolute atomic E-state index is 13.0. The minimum absolute atomic E-state index is 0.212. The van der Waals surface area contributed by atoms with E-state index in [0.29, 0.717) is 22.0 Å². The van der Waals surface area contributed by atoms with Gasteiger partial charge in [-0.2, -0.15) is 0 Å². The number of benzene rings is 2. The van der Waals surface area contributed by atoms with Gasteiger partial charge in [-0.25, -0.2) is 4.39 Å². The van der Waals surface area contributed by atoms with Gasteiger partial charge in [-0.1, -0.05) is 16.8 Å². The molecule has 0 radical (unpaired) electrons. The number of carbonyl (C=O) groups is 1. The Morgan fingerprint density at radius 3 is 2.71 bits per heavy atom. The summed E-state index contributed by atoms with van der Waals surface area (Å²) >= 11 is 5.95.